The van der Waals surface area contributed by atoms with Gasteiger partial charge in [0.2, 0.25) is 0 Å². The van der Waals surface area contributed by atoms with Gasteiger partial charge in [-0.1, -0.05) is 51.9 Å². The first kappa shape index (κ1) is 33.5. The second kappa shape index (κ2) is 16.5. The molecule has 0 bridgehead atoms. The van der Waals surface area contributed by atoms with Crippen LogP contribution in [0.1, 0.15) is 97.3 Å². The zero-order chi connectivity index (χ0) is 29.7. The number of nitrogens with two attached hydrogens (primary N) is 2. The zero-order valence-electron chi connectivity index (χ0n) is 23.8. The SMILES string of the molecule is CCCCCCCCC[C@@H]1C[C@@H]2CC[C@H]3[C@@H](C(=O)OCCCCN=C(N)N)[C@@H](C)NC(=[N+]23)N1.O=C([O-])C(F)(F)F. The Morgan fingerprint density at radius 3 is 2.33 bits per heavy atom. The van der Waals surface area contributed by atoms with Gasteiger partial charge >= 0.3 is 18.1 Å². The first-order chi connectivity index (χ1) is 19.0. The van der Waals surface area contributed by atoms with E-state index in [4.69, 9.17) is 26.1 Å². The lowest BCUT2D eigenvalue weighted by Crippen LogP contribution is -2.66. The monoisotopic (exact) mass is 576 g/mol. The van der Waals surface area contributed by atoms with Gasteiger partial charge in [0, 0.05) is 13.0 Å². The van der Waals surface area contributed by atoms with Crippen molar-refractivity contribution in [2.24, 2.45) is 22.4 Å². The van der Waals surface area contributed by atoms with E-state index in [1.807, 2.05) is 0 Å². The largest absolute Gasteiger partial charge is 0.542 e. The lowest BCUT2D eigenvalue weighted by atomic mass is 9.89. The van der Waals surface area contributed by atoms with E-state index in [1.54, 1.807) is 0 Å². The molecule has 0 unspecified atom stereocenters. The normalized spacial score (nSPS) is 25.1. The van der Waals surface area contributed by atoms with Crippen molar-refractivity contribution in [1.29, 1.82) is 0 Å². The Kier molecular flexibility index (Phi) is 13.8. The van der Waals surface area contributed by atoms with Crippen LogP contribution in [-0.4, -0.2) is 71.9 Å². The van der Waals surface area contributed by atoms with Crippen LogP contribution in [0, 0.1) is 5.92 Å². The van der Waals surface area contributed by atoms with E-state index in [0.29, 0.717) is 25.2 Å². The summed E-state index contributed by atoms with van der Waals surface area (Å²) in [5.41, 5.74) is 10.7. The molecule has 3 heterocycles. The molecule has 0 spiro atoms. The maximum absolute atomic E-state index is 13.0. The number of carbonyl (C=O) groups excluding carboxylic acids is 2. The minimum atomic E-state index is -5.19. The molecule has 3 aliphatic heterocycles. The average molecular weight is 577 g/mol. The molecule has 0 aromatic heterocycles. The van der Waals surface area contributed by atoms with Crippen molar-refractivity contribution in [1.82, 2.24) is 10.6 Å². The lowest BCUT2D eigenvalue weighted by molar-refractivity contribution is -0.598. The summed E-state index contributed by atoms with van der Waals surface area (Å²) < 4.78 is 39.7. The molecule has 230 valence electrons. The fourth-order valence-electron chi connectivity index (χ4n) is 5.84. The molecule has 3 rings (SSSR count). The number of hydrogen-bond donors (Lipinski definition) is 4. The second-order valence-electron chi connectivity index (χ2n) is 11.0. The second-order valence-corrected chi connectivity index (χ2v) is 11.0. The van der Waals surface area contributed by atoms with Crippen LogP contribution in [0.2, 0.25) is 0 Å². The number of hydrogen-bond acceptors (Lipinski definition) is 7. The van der Waals surface area contributed by atoms with Crippen molar-refractivity contribution in [2.45, 2.75) is 128 Å². The summed E-state index contributed by atoms with van der Waals surface area (Å²) in [4.78, 5) is 25.7. The molecule has 1 fully saturated rings. The molecule has 1 saturated heterocycles. The summed E-state index contributed by atoms with van der Waals surface area (Å²) in [7, 11) is 0. The van der Waals surface area contributed by atoms with Gasteiger partial charge in [0.25, 0.3) is 0 Å². The third-order valence-corrected chi connectivity index (χ3v) is 7.77. The summed E-state index contributed by atoms with van der Waals surface area (Å²) in [6, 6.07) is 1.39. The number of aliphatic imine (C=N–C) groups is 1. The number of aliphatic carboxylic acids is 1. The number of nitrogens with one attached hydrogen (secondary N) is 2. The molecular weight excluding hydrogens is 529 g/mol. The number of ether oxygens (including phenoxy) is 1. The summed E-state index contributed by atoms with van der Waals surface area (Å²) in [5, 5.41) is 16.2. The molecule has 40 heavy (non-hydrogen) atoms. The number of alkyl halides is 3. The van der Waals surface area contributed by atoms with Crippen molar-refractivity contribution in [3.8, 4) is 0 Å². The van der Waals surface area contributed by atoms with Gasteiger partial charge in [-0.15, -0.1) is 0 Å². The smallest absolute Gasteiger partial charge is 0.430 e. The molecular formula is C27H47F3N6O4. The van der Waals surface area contributed by atoms with E-state index >= 15 is 0 Å². The highest BCUT2D eigenvalue weighted by atomic mass is 19.4. The highest BCUT2D eigenvalue weighted by molar-refractivity contribution is 5.81. The minimum absolute atomic E-state index is 0.0685. The number of carboxylic acids is 1. The summed E-state index contributed by atoms with van der Waals surface area (Å²) in [5.74, 6) is -1.95. The fourth-order valence-corrected chi connectivity index (χ4v) is 5.84. The molecule has 0 radical (unpaired) electrons. The molecule has 13 heteroatoms. The van der Waals surface area contributed by atoms with Gasteiger partial charge in [0.15, 0.2) is 5.96 Å². The average Bonchev–Trinajstić information content (AvgIpc) is 3.29. The standard InChI is InChI=1S/C25H46N6O2.C2HF3O2/c1-3-4-5-6-7-8-9-12-19-17-20-13-14-21-22(18(2)29-25(30-19)31(20)21)23(32)33-16-11-10-15-28-24(26)27;3-2(4,5)1(6)7/h18-22H,3-17H2,1-2H3,(H5,26,27,28,29,30);(H,6,7)/t18-,19-,20+,21+,22+;/m1./s1. The van der Waals surface area contributed by atoms with Gasteiger partial charge in [-0.2, -0.15) is 13.2 Å². The molecule has 0 saturated carbocycles. The zero-order valence-corrected chi connectivity index (χ0v) is 23.8. The van der Waals surface area contributed by atoms with Crippen LogP contribution in [-0.2, 0) is 14.3 Å². The van der Waals surface area contributed by atoms with E-state index < -0.39 is 12.1 Å². The highest BCUT2D eigenvalue weighted by Crippen LogP contribution is 2.35. The maximum atomic E-state index is 13.0. The Bertz CT molecular complexity index is 879. The highest BCUT2D eigenvalue weighted by Gasteiger charge is 2.52. The van der Waals surface area contributed by atoms with Crippen LogP contribution in [0.4, 0.5) is 13.2 Å². The number of carbonyl (C=O) groups is 2. The van der Waals surface area contributed by atoms with Gasteiger partial charge in [0.1, 0.15) is 11.9 Å². The summed E-state index contributed by atoms with van der Waals surface area (Å²) in [6.45, 7) is 5.38. The predicted octanol–water partition coefficient (Wildman–Crippen LogP) is 1.89. The Morgan fingerprint density at radius 2 is 1.70 bits per heavy atom. The Balaban J connectivity index is 0.000000708. The Labute approximate surface area is 235 Å². The number of nitrogens with zero attached hydrogens (tertiary/aromatic N) is 2. The molecule has 5 atom stereocenters. The van der Waals surface area contributed by atoms with Crippen LogP contribution in [0.15, 0.2) is 4.99 Å². The molecule has 10 nitrogen and oxygen atoms in total. The van der Waals surface area contributed by atoms with Crippen LogP contribution in [0.25, 0.3) is 0 Å². The van der Waals surface area contributed by atoms with Crippen molar-refractivity contribution < 1.29 is 37.2 Å². The number of carboxylic acid groups (broad SMARTS) is 1. The van der Waals surface area contributed by atoms with Crippen molar-refractivity contribution >= 4 is 23.9 Å². The van der Waals surface area contributed by atoms with Crippen molar-refractivity contribution in [3.05, 3.63) is 0 Å². The topological polar surface area (TPSA) is 158 Å². The van der Waals surface area contributed by atoms with E-state index in [-0.39, 0.29) is 29.9 Å². The number of rotatable bonds is 14. The van der Waals surface area contributed by atoms with Crippen molar-refractivity contribution in [2.75, 3.05) is 13.2 Å². The van der Waals surface area contributed by atoms with E-state index in [1.165, 1.54) is 64.2 Å². The fraction of sp³-hybridized carbons (Fsp3) is 0.852. The molecule has 6 N–H and O–H groups in total. The van der Waals surface area contributed by atoms with Gasteiger partial charge in [0.05, 0.1) is 30.8 Å². The summed E-state index contributed by atoms with van der Waals surface area (Å²) in [6.07, 6.45) is 10.5. The molecule has 3 aliphatic rings. The lowest BCUT2D eigenvalue weighted by Gasteiger charge is -2.38. The van der Waals surface area contributed by atoms with Crippen LogP contribution in [0.3, 0.4) is 0 Å². The molecule has 0 aromatic rings. The van der Waals surface area contributed by atoms with E-state index in [0.717, 1.165) is 25.2 Å². The Morgan fingerprint density at radius 1 is 1.05 bits per heavy atom. The number of unbranched alkanes of at least 4 members (excludes halogenated alkanes) is 7. The third-order valence-electron chi connectivity index (χ3n) is 7.77. The number of guanidine groups is 2. The molecule has 0 aromatic carbocycles. The number of halogens is 3. The number of esters is 1. The molecule has 0 aliphatic carbocycles. The van der Waals surface area contributed by atoms with Crippen LogP contribution in [0.5, 0.6) is 0 Å². The van der Waals surface area contributed by atoms with Crippen LogP contribution >= 0.6 is 0 Å². The van der Waals surface area contributed by atoms with Crippen LogP contribution < -0.4 is 27.2 Å². The predicted molar refractivity (Wildman–Crippen MR) is 144 cm³/mol. The van der Waals surface area contributed by atoms with Gasteiger partial charge in [-0.3, -0.25) is 25.0 Å². The minimum Gasteiger partial charge on any atom is -0.542 e. The quantitative estimate of drug-likeness (QED) is 0.0803. The van der Waals surface area contributed by atoms with Crippen molar-refractivity contribution in [3.63, 3.8) is 0 Å². The molecule has 0 amide bonds. The van der Waals surface area contributed by atoms with E-state index in [9.17, 15) is 18.0 Å². The first-order valence-electron chi connectivity index (χ1n) is 14.6. The first-order valence-corrected chi connectivity index (χ1v) is 14.6. The van der Waals surface area contributed by atoms with Gasteiger partial charge < -0.3 is 26.1 Å². The summed E-state index contributed by atoms with van der Waals surface area (Å²) >= 11 is 0. The van der Waals surface area contributed by atoms with E-state index in [2.05, 4.69) is 34.0 Å². The third kappa shape index (κ3) is 10.7. The van der Waals surface area contributed by atoms with Gasteiger partial charge in [-0.05, 0) is 39.0 Å². The Hall–Kier alpha value is -2.73. The maximum Gasteiger partial charge on any atom is 0.430 e. The van der Waals surface area contributed by atoms with Gasteiger partial charge in [-0.25, -0.2) is 0 Å².